The van der Waals surface area contributed by atoms with Crippen molar-refractivity contribution in [1.82, 2.24) is 9.13 Å². The highest BCUT2D eigenvalue weighted by Gasteiger charge is 2.22. The third-order valence-corrected chi connectivity index (χ3v) is 10.9. The van der Waals surface area contributed by atoms with Crippen molar-refractivity contribution in [3.63, 3.8) is 0 Å². The quantitative estimate of drug-likeness (QED) is 0.173. The molecule has 3 aliphatic carbocycles. The van der Waals surface area contributed by atoms with E-state index in [0.29, 0.717) is 5.92 Å². The van der Waals surface area contributed by atoms with Crippen molar-refractivity contribution < 1.29 is 0 Å². The molecule has 1 unspecified atom stereocenters. The zero-order valence-electron chi connectivity index (χ0n) is 28.6. The summed E-state index contributed by atoms with van der Waals surface area (Å²) in [6.45, 7) is 0. The summed E-state index contributed by atoms with van der Waals surface area (Å²) in [6, 6.07) is 44.5. The van der Waals surface area contributed by atoms with Crippen molar-refractivity contribution in [3.05, 3.63) is 181 Å². The number of anilines is 3. The molecule has 2 heterocycles. The van der Waals surface area contributed by atoms with Gasteiger partial charge in [-0.3, -0.25) is 0 Å². The lowest BCUT2D eigenvalue weighted by Gasteiger charge is -2.27. The summed E-state index contributed by atoms with van der Waals surface area (Å²) in [5.41, 5.74) is 13.7. The van der Waals surface area contributed by atoms with Crippen LogP contribution in [0.5, 0.6) is 0 Å². The summed E-state index contributed by atoms with van der Waals surface area (Å²) in [5.74, 6) is 0.439. The molecule has 7 aromatic rings. The van der Waals surface area contributed by atoms with E-state index in [9.17, 15) is 0 Å². The third-order valence-electron chi connectivity index (χ3n) is 10.9. The van der Waals surface area contributed by atoms with Crippen molar-refractivity contribution in [3.8, 4) is 5.69 Å². The highest BCUT2D eigenvalue weighted by Crippen LogP contribution is 2.42. The van der Waals surface area contributed by atoms with E-state index in [1.807, 2.05) is 0 Å². The fraction of sp³-hybridized carbons (Fsp3) is 0.125. The first-order valence-electron chi connectivity index (χ1n) is 18.3. The summed E-state index contributed by atoms with van der Waals surface area (Å²) in [7, 11) is 0. The molecule has 3 aliphatic rings. The average Bonchev–Trinajstić information content (AvgIpc) is 3.72. The number of aromatic nitrogens is 2. The van der Waals surface area contributed by atoms with Gasteiger partial charge in [0, 0.05) is 61.8 Å². The maximum absolute atomic E-state index is 2.48. The first-order chi connectivity index (χ1) is 25.3. The number of benzene rings is 5. The number of rotatable bonds is 6. The molecule has 0 saturated heterocycles. The topological polar surface area (TPSA) is 13.1 Å². The van der Waals surface area contributed by atoms with Crippen LogP contribution in [0.15, 0.2) is 169 Å². The maximum atomic E-state index is 2.48. The minimum Gasteiger partial charge on any atom is -0.313 e. The van der Waals surface area contributed by atoms with Gasteiger partial charge < -0.3 is 14.0 Å². The van der Waals surface area contributed by atoms with Crippen LogP contribution >= 0.6 is 0 Å². The number of para-hydroxylation sites is 3. The molecule has 1 atom stereocenters. The van der Waals surface area contributed by atoms with E-state index in [2.05, 4.69) is 184 Å². The summed E-state index contributed by atoms with van der Waals surface area (Å²) in [4.78, 5) is 2.41. The largest absolute Gasteiger partial charge is 0.313 e. The molecule has 0 radical (unpaired) electrons. The highest BCUT2D eigenvalue weighted by molar-refractivity contribution is 6.11. The first kappa shape index (κ1) is 29.8. The number of nitrogens with zero attached hydrogens (tertiary/aromatic N) is 3. The molecule has 3 nitrogen and oxygen atoms in total. The van der Waals surface area contributed by atoms with Gasteiger partial charge >= 0.3 is 0 Å². The summed E-state index contributed by atoms with van der Waals surface area (Å²) >= 11 is 0. The summed E-state index contributed by atoms with van der Waals surface area (Å²) in [6.07, 6.45) is 24.3. The Hall–Kier alpha value is -6.06. The lowest BCUT2D eigenvalue weighted by atomic mass is 9.88. The van der Waals surface area contributed by atoms with Crippen LogP contribution in [0.3, 0.4) is 0 Å². The fourth-order valence-corrected chi connectivity index (χ4v) is 8.57. The lowest BCUT2D eigenvalue weighted by molar-refractivity contribution is 0.769. The smallest absolute Gasteiger partial charge is 0.0561 e. The number of fused-ring (bicyclic) bond motifs is 6. The van der Waals surface area contributed by atoms with E-state index in [-0.39, 0.29) is 0 Å². The molecular weight excluding hydrogens is 619 g/mol. The second-order valence-electron chi connectivity index (χ2n) is 13.9. The standard InChI is InChI=1S/C48H39N3/c1-3-14-34(15-4-1)35-26-28-37(29-27-35)50-45-23-10-9-22-43(45)44-31-30-40(33-48(44)50)49(36-16-5-2-6-17-36)38-18-13-19-39(32-38)51-46-24-11-7-20-41(46)42-21-8-12-25-47(42)51/h2-3,5-11,13-24,26,28-33,35H,1,4,12,25,27H2. The number of hydrogen-bond donors (Lipinski definition) is 0. The monoisotopic (exact) mass is 657 g/mol. The van der Waals surface area contributed by atoms with Gasteiger partial charge in [0.25, 0.3) is 0 Å². The van der Waals surface area contributed by atoms with Crippen molar-refractivity contribution >= 4 is 61.5 Å². The van der Waals surface area contributed by atoms with E-state index >= 15 is 0 Å². The average molecular weight is 658 g/mol. The predicted octanol–water partition coefficient (Wildman–Crippen LogP) is 12.9. The van der Waals surface area contributed by atoms with Crippen LogP contribution in [0, 0.1) is 5.92 Å². The van der Waals surface area contributed by atoms with E-state index in [1.165, 1.54) is 60.9 Å². The van der Waals surface area contributed by atoms with Crippen LogP contribution in [0.1, 0.15) is 36.9 Å². The Morgan fingerprint density at radius 2 is 1.27 bits per heavy atom. The summed E-state index contributed by atoms with van der Waals surface area (Å²) < 4.78 is 4.95. The van der Waals surface area contributed by atoms with Crippen LogP contribution in [0.4, 0.5) is 17.1 Å². The van der Waals surface area contributed by atoms with E-state index in [4.69, 9.17) is 0 Å². The molecule has 0 fully saturated rings. The molecule has 0 saturated carbocycles. The molecular formula is C48H39N3. The first-order valence-corrected chi connectivity index (χ1v) is 18.3. The Labute approximate surface area is 299 Å². The van der Waals surface area contributed by atoms with Gasteiger partial charge in [-0.05, 0) is 98.4 Å². The Balaban J connectivity index is 1.13. The number of hydrogen-bond acceptors (Lipinski definition) is 1. The molecule has 0 N–H and O–H groups in total. The molecule has 0 aliphatic heterocycles. The van der Waals surface area contributed by atoms with Gasteiger partial charge in [0.15, 0.2) is 0 Å². The Kier molecular flexibility index (Phi) is 7.23. The Morgan fingerprint density at radius 3 is 2.10 bits per heavy atom. The van der Waals surface area contributed by atoms with Gasteiger partial charge in [-0.25, -0.2) is 0 Å². The van der Waals surface area contributed by atoms with Gasteiger partial charge in [-0.2, -0.15) is 0 Å². The van der Waals surface area contributed by atoms with E-state index in [0.717, 1.165) is 49.2 Å². The number of allylic oxidation sites excluding steroid dienone is 9. The molecule has 5 aromatic carbocycles. The van der Waals surface area contributed by atoms with Gasteiger partial charge in [0.2, 0.25) is 0 Å². The molecule has 0 bridgehead atoms. The van der Waals surface area contributed by atoms with Crippen molar-refractivity contribution in [1.29, 1.82) is 0 Å². The van der Waals surface area contributed by atoms with Gasteiger partial charge in [0.1, 0.15) is 0 Å². The third kappa shape index (κ3) is 5.03. The fourth-order valence-electron chi connectivity index (χ4n) is 8.57. The van der Waals surface area contributed by atoms with Gasteiger partial charge in [-0.15, -0.1) is 0 Å². The highest BCUT2D eigenvalue weighted by atomic mass is 15.1. The minimum absolute atomic E-state index is 0.439. The molecule has 246 valence electrons. The van der Waals surface area contributed by atoms with Gasteiger partial charge in [-0.1, -0.05) is 109 Å². The Morgan fingerprint density at radius 1 is 0.529 bits per heavy atom. The molecule has 2 aromatic heterocycles. The Bertz CT molecular complexity index is 2620. The van der Waals surface area contributed by atoms with Gasteiger partial charge in [0.05, 0.1) is 16.6 Å². The van der Waals surface area contributed by atoms with Crippen LogP contribution in [0.25, 0.3) is 50.2 Å². The summed E-state index contributed by atoms with van der Waals surface area (Å²) in [5, 5.41) is 3.86. The normalized spacial score (nSPS) is 16.8. The zero-order chi connectivity index (χ0) is 33.7. The minimum atomic E-state index is 0.439. The second kappa shape index (κ2) is 12.4. The molecule has 3 heteroatoms. The van der Waals surface area contributed by atoms with E-state index < -0.39 is 0 Å². The van der Waals surface area contributed by atoms with Crippen molar-refractivity contribution in [2.45, 2.75) is 32.1 Å². The van der Waals surface area contributed by atoms with Crippen LogP contribution < -0.4 is 4.90 Å². The van der Waals surface area contributed by atoms with Crippen molar-refractivity contribution in [2.75, 3.05) is 4.90 Å². The molecule has 0 spiro atoms. The second-order valence-corrected chi connectivity index (χ2v) is 13.9. The molecule has 51 heavy (non-hydrogen) atoms. The van der Waals surface area contributed by atoms with Crippen LogP contribution in [-0.4, -0.2) is 9.13 Å². The zero-order valence-corrected chi connectivity index (χ0v) is 28.6. The molecule has 10 rings (SSSR count). The van der Waals surface area contributed by atoms with Crippen LogP contribution in [-0.2, 0) is 6.42 Å². The molecule has 0 amide bonds. The van der Waals surface area contributed by atoms with Crippen molar-refractivity contribution in [2.24, 2.45) is 5.92 Å². The predicted molar refractivity (Wildman–Crippen MR) is 216 cm³/mol. The maximum Gasteiger partial charge on any atom is 0.0561 e. The lowest BCUT2D eigenvalue weighted by Crippen LogP contribution is -2.11. The van der Waals surface area contributed by atoms with Crippen LogP contribution in [0.2, 0.25) is 0 Å². The SMILES string of the molecule is C1=CC(C2C=CC(n3c4ccccc4c4ccc(N(c5ccccc5)c5cccc(-n6c7c(c8ccccc86)C=CCC7)c5)cc43)=CC2)=CCC1. The van der Waals surface area contributed by atoms with E-state index in [1.54, 1.807) is 0 Å².